The first kappa shape index (κ1) is 18.5. The van der Waals surface area contributed by atoms with Gasteiger partial charge in [-0.15, -0.1) is 0 Å². The smallest absolute Gasteiger partial charge is 0.223 e. The summed E-state index contributed by atoms with van der Waals surface area (Å²) in [5.74, 6) is 1.32. The molecule has 0 radical (unpaired) electrons. The van der Waals surface area contributed by atoms with Crippen LogP contribution in [0.25, 0.3) is 0 Å². The lowest BCUT2D eigenvalue weighted by atomic mass is 9.97. The predicted octanol–water partition coefficient (Wildman–Crippen LogP) is 3.53. The van der Waals surface area contributed by atoms with E-state index in [0.717, 1.165) is 38.5 Å². The zero-order valence-electron chi connectivity index (χ0n) is 15.7. The van der Waals surface area contributed by atoms with E-state index in [-0.39, 0.29) is 11.8 Å². The Kier molecular flexibility index (Phi) is 6.29. The molecule has 0 spiro atoms. The molecule has 0 saturated carbocycles. The first-order valence-corrected chi connectivity index (χ1v) is 9.33. The Morgan fingerprint density at radius 2 is 1.65 bits per heavy atom. The molecule has 3 rings (SSSR count). The molecule has 1 aliphatic rings. The molecule has 26 heavy (non-hydrogen) atoms. The molecule has 0 bridgehead atoms. The average molecular weight is 352 g/mol. The van der Waals surface area contributed by atoms with Crippen molar-refractivity contribution in [1.29, 1.82) is 0 Å². The van der Waals surface area contributed by atoms with Crippen LogP contribution in [0.5, 0.6) is 5.75 Å². The minimum atomic E-state index is 0.218. The number of ether oxygens (including phenoxy) is 1. The third-order valence-corrected chi connectivity index (χ3v) is 5.14. The molecule has 4 nitrogen and oxygen atoms in total. The second-order valence-electron chi connectivity index (χ2n) is 7.02. The van der Waals surface area contributed by atoms with Gasteiger partial charge in [-0.3, -0.25) is 9.69 Å². The first-order valence-electron chi connectivity index (χ1n) is 9.33. The van der Waals surface area contributed by atoms with Crippen molar-refractivity contribution in [2.24, 2.45) is 0 Å². The van der Waals surface area contributed by atoms with Crippen molar-refractivity contribution in [2.75, 3.05) is 33.3 Å². The second-order valence-corrected chi connectivity index (χ2v) is 7.02. The van der Waals surface area contributed by atoms with Crippen LogP contribution in [0.2, 0.25) is 0 Å². The number of piperazine rings is 1. The molecule has 1 fully saturated rings. The number of methoxy groups -OCH3 is 1. The fraction of sp³-hybridized carbons (Fsp3) is 0.409. The molecule has 0 aliphatic carbocycles. The number of amides is 1. The maximum atomic E-state index is 12.7. The summed E-state index contributed by atoms with van der Waals surface area (Å²) < 4.78 is 5.20. The van der Waals surface area contributed by atoms with Gasteiger partial charge in [0.1, 0.15) is 5.75 Å². The lowest BCUT2D eigenvalue weighted by Crippen LogP contribution is -2.48. The van der Waals surface area contributed by atoms with Crippen LogP contribution < -0.4 is 4.74 Å². The molecule has 2 aromatic carbocycles. The van der Waals surface area contributed by atoms with E-state index in [2.05, 4.69) is 48.2 Å². The Bertz CT molecular complexity index is 692. The Balaban J connectivity index is 1.47. The molecule has 4 heteroatoms. The quantitative estimate of drug-likeness (QED) is 0.797. The summed E-state index contributed by atoms with van der Waals surface area (Å²) in [6.45, 7) is 6.60. The number of hydrogen-bond donors (Lipinski definition) is 0. The summed E-state index contributed by atoms with van der Waals surface area (Å²) in [6, 6.07) is 18.5. The molecular formula is C22H28N2O2. The van der Waals surface area contributed by atoms with E-state index in [1.165, 1.54) is 11.1 Å². The van der Waals surface area contributed by atoms with Crippen molar-refractivity contribution in [3.8, 4) is 5.75 Å². The fourth-order valence-electron chi connectivity index (χ4n) is 3.44. The summed E-state index contributed by atoms with van der Waals surface area (Å²) in [4.78, 5) is 17.1. The topological polar surface area (TPSA) is 32.8 Å². The highest BCUT2D eigenvalue weighted by molar-refractivity contribution is 5.77. The highest BCUT2D eigenvalue weighted by Crippen LogP contribution is 2.23. The second kappa shape index (κ2) is 8.86. The molecular weight excluding hydrogens is 324 g/mol. The Morgan fingerprint density at radius 3 is 2.27 bits per heavy atom. The molecule has 1 aliphatic heterocycles. The minimum absolute atomic E-state index is 0.218. The van der Waals surface area contributed by atoms with Gasteiger partial charge in [0.05, 0.1) is 7.11 Å². The van der Waals surface area contributed by atoms with Gasteiger partial charge in [0, 0.05) is 39.1 Å². The molecule has 0 aromatic heterocycles. The summed E-state index contributed by atoms with van der Waals surface area (Å²) in [5, 5.41) is 0. The number of benzene rings is 2. The van der Waals surface area contributed by atoms with Crippen molar-refractivity contribution in [3.63, 3.8) is 0 Å². The Labute approximate surface area is 156 Å². The summed E-state index contributed by atoms with van der Waals surface area (Å²) >= 11 is 0. The molecule has 1 atom stereocenters. The SMILES string of the molecule is COc1ccc(C(C)CC(=O)N2CCN(Cc3ccccc3)CC2)cc1. The number of hydrogen-bond acceptors (Lipinski definition) is 3. The van der Waals surface area contributed by atoms with Crippen LogP contribution in [0.15, 0.2) is 54.6 Å². The molecule has 1 unspecified atom stereocenters. The van der Waals surface area contributed by atoms with Gasteiger partial charge in [0.25, 0.3) is 0 Å². The zero-order valence-corrected chi connectivity index (χ0v) is 15.7. The van der Waals surface area contributed by atoms with Gasteiger partial charge in [-0.1, -0.05) is 49.4 Å². The van der Waals surface area contributed by atoms with Gasteiger partial charge in [0.15, 0.2) is 0 Å². The van der Waals surface area contributed by atoms with E-state index >= 15 is 0 Å². The van der Waals surface area contributed by atoms with Gasteiger partial charge in [-0.05, 0) is 29.2 Å². The molecule has 0 N–H and O–H groups in total. The molecule has 138 valence electrons. The van der Waals surface area contributed by atoms with E-state index in [1.54, 1.807) is 7.11 Å². The van der Waals surface area contributed by atoms with E-state index in [0.29, 0.717) is 6.42 Å². The van der Waals surface area contributed by atoms with Crippen LogP contribution in [0.1, 0.15) is 30.4 Å². The lowest BCUT2D eigenvalue weighted by Gasteiger charge is -2.35. The van der Waals surface area contributed by atoms with E-state index < -0.39 is 0 Å². The van der Waals surface area contributed by atoms with Crippen molar-refractivity contribution >= 4 is 5.91 Å². The molecule has 1 heterocycles. The monoisotopic (exact) mass is 352 g/mol. The van der Waals surface area contributed by atoms with Crippen LogP contribution in [0, 0.1) is 0 Å². The van der Waals surface area contributed by atoms with Crippen molar-refractivity contribution in [3.05, 3.63) is 65.7 Å². The summed E-state index contributed by atoms with van der Waals surface area (Å²) in [5.41, 5.74) is 2.52. The highest BCUT2D eigenvalue weighted by atomic mass is 16.5. The third kappa shape index (κ3) is 4.85. The first-order chi connectivity index (χ1) is 12.7. The van der Waals surface area contributed by atoms with Gasteiger partial charge in [-0.2, -0.15) is 0 Å². The largest absolute Gasteiger partial charge is 0.497 e. The van der Waals surface area contributed by atoms with Gasteiger partial charge >= 0.3 is 0 Å². The number of carbonyl (C=O) groups excluding carboxylic acids is 1. The maximum Gasteiger partial charge on any atom is 0.223 e. The lowest BCUT2D eigenvalue weighted by molar-refractivity contribution is -0.133. The van der Waals surface area contributed by atoms with Crippen LogP contribution in [-0.2, 0) is 11.3 Å². The zero-order chi connectivity index (χ0) is 18.4. The van der Waals surface area contributed by atoms with Gasteiger partial charge in [-0.25, -0.2) is 0 Å². The standard InChI is InChI=1S/C22H28N2O2/c1-18(20-8-10-21(26-2)11-9-20)16-22(25)24-14-12-23(13-15-24)17-19-6-4-3-5-7-19/h3-11,18H,12-17H2,1-2H3. The van der Waals surface area contributed by atoms with Crippen molar-refractivity contribution in [1.82, 2.24) is 9.80 Å². The highest BCUT2D eigenvalue weighted by Gasteiger charge is 2.22. The summed E-state index contributed by atoms with van der Waals surface area (Å²) in [6.07, 6.45) is 0.561. The number of rotatable bonds is 6. The van der Waals surface area contributed by atoms with Crippen LogP contribution >= 0.6 is 0 Å². The van der Waals surface area contributed by atoms with E-state index in [9.17, 15) is 4.79 Å². The fourth-order valence-corrected chi connectivity index (χ4v) is 3.44. The van der Waals surface area contributed by atoms with Crippen molar-refractivity contribution in [2.45, 2.75) is 25.8 Å². The average Bonchev–Trinajstić information content (AvgIpc) is 2.69. The normalized spacial score (nSPS) is 16.3. The van der Waals surface area contributed by atoms with E-state index in [4.69, 9.17) is 4.74 Å². The summed E-state index contributed by atoms with van der Waals surface area (Å²) in [7, 11) is 1.67. The molecule has 1 saturated heterocycles. The predicted molar refractivity (Wildman–Crippen MR) is 104 cm³/mol. The van der Waals surface area contributed by atoms with Crippen molar-refractivity contribution < 1.29 is 9.53 Å². The number of carbonyl (C=O) groups is 1. The minimum Gasteiger partial charge on any atom is -0.497 e. The number of nitrogens with zero attached hydrogens (tertiary/aromatic N) is 2. The molecule has 1 amide bonds. The van der Waals surface area contributed by atoms with Crippen LogP contribution in [0.3, 0.4) is 0 Å². The van der Waals surface area contributed by atoms with E-state index in [1.807, 2.05) is 23.1 Å². The Morgan fingerprint density at radius 1 is 1.00 bits per heavy atom. The van der Waals surface area contributed by atoms with Gasteiger partial charge < -0.3 is 9.64 Å². The van der Waals surface area contributed by atoms with Crippen LogP contribution in [-0.4, -0.2) is 49.0 Å². The Hall–Kier alpha value is -2.33. The molecule has 2 aromatic rings. The van der Waals surface area contributed by atoms with Crippen LogP contribution in [0.4, 0.5) is 0 Å². The third-order valence-electron chi connectivity index (χ3n) is 5.14. The van der Waals surface area contributed by atoms with Gasteiger partial charge in [0.2, 0.25) is 5.91 Å². The maximum absolute atomic E-state index is 12.7.